The number of aromatic nitrogens is 1. The molecule has 0 aliphatic heterocycles. The van der Waals surface area contributed by atoms with E-state index in [4.69, 9.17) is 8.83 Å². The first-order valence-corrected chi connectivity index (χ1v) is 7.81. The van der Waals surface area contributed by atoms with Crippen LogP contribution in [0.2, 0.25) is 0 Å². The lowest BCUT2D eigenvalue weighted by Crippen LogP contribution is -2.23. The van der Waals surface area contributed by atoms with Crippen LogP contribution >= 0.6 is 15.9 Å². The molecule has 118 valence electrons. The molecule has 0 aliphatic rings. The molecule has 0 spiro atoms. The van der Waals surface area contributed by atoms with Crippen LogP contribution in [0.15, 0.2) is 48.6 Å². The normalized spacial score (nSPS) is 10.9. The lowest BCUT2D eigenvalue weighted by atomic mass is 10.1. The fraction of sp³-hybridized carbons (Fsp3) is 0.188. The van der Waals surface area contributed by atoms with E-state index in [1.807, 2.05) is 6.92 Å². The summed E-state index contributed by atoms with van der Waals surface area (Å²) in [6.45, 7) is 2.10. The van der Waals surface area contributed by atoms with Crippen molar-refractivity contribution < 1.29 is 13.6 Å². The summed E-state index contributed by atoms with van der Waals surface area (Å²) in [4.78, 5) is 28.2. The number of benzene rings is 1. The first kappa shape index (κ1) is 15.5. The highest BCUT2D eigenvalue weighted by Gasteiger charge is 2.13. The number of nitrogens with zero attached hydrogens (tertiary/aromatic N) is 1. The van der Waals surface area contributed by atoms with Gasteiger partial charge in [0, 0.05) is 10.9 Å². The van der Waals surface area contributed by atoms with Crippen LogP contribution in [0, 0.1) is 0 Å². The third-order valence-corrected chi connectivity index (χ3v) is 3.77. The molecule has 6 nitrogen and oxygen atoms in total. The molecule has 0 unspecified atom stereocenters. The smallest absolute Gasteiger partial charge is 0.344 e. The molecule has 0 fully saturated rings. The molecule has 0 aliphatic carbocycles. The number of amides is 1. The Labute approximate surface area is 139 Å². The van der Waals surface area contributed by atoms with Gasteiger partial charge in [-0.15, -0.1) is 0 Å². The van der Waals surface area contributed by atoms with Crippen LogP contribution in [-0.4, -0.2) is 10.9 Å². The van der Waals surface area contributed by atoms with E-state index in [1.54, 1.807) is 24.4 Å². The number of oxazole rings is 1. The van der Waals surface area contributed by atoms with Gasteiger partial charge < -0.3 is 14.2 Å². The van der Waals surface area contributed by atoms with Crippen LogP contribution in [0.25, 0.3) is 10.8 Å². The predicted molar refractivity (Wildman–Crippen MR) is 87.2 cm³/mol. The van der Waals surface area contributed by atoms with Gasteiger partial charge in [0.1, 0.15) is 5.76 Å². The van der Waals surface area contributed by atoms with Gasteiger partial charge in [-0.3, -0.25) is 4.79 Å². The summed E-state index contributed by atoms with van der Waals surface area (Å²) in [5.41, 5.74) is -0.548. The fourth-order valence-electron chi connectivity index (χ4n) is 2.12. The largest absolute Gasteiger partial charge is 0.444 e. The van der Waals surface area contributed by atoms with Crippen molar-refractivity contribution in [2.75, 3.05) is 0 Å². The van der Waals surface area contributed by atoms with Crippen LogP contribution in [0.4, 0.5) is 0 Å². The molecule has 3 rings (SSSR count). The Hall–Kier alpha value is -2.41. The maximum absolute atomic E-state index is 12.2. The average Bonchev–Trinajstić information content (AvgIpc) is 3.00. The van der Waals surface area contributed by atoms with E-state index in [-0.39, 0.29) is 12.3 Å². The Bertz CT molecular complexity index is 929. The van der Waals surface area contributed by atoms with Gasteiger partial charge in [0.25, 0.3) is 5.91 Å². The number of carbonyl (C=O) groups is 1. The topological polar surface area (TPSA) is 85.3 Å². The van der Waals surface area contributed by atoms with E-state index in [1.165, 1.54) is 6.07 Å². The zero-order chi connectivity index (χ0) is 16.4. The molecule has 0 saturated carbocycles. The number of aryl methyl sites for hydroxylation is 1. The highest BCUT2D eigenvalue weighted by atomic mass is 79.9. The van der Waals surface area contributed by atoms with E-state index in [0.29, 0.717) is 28.8 Å². The van der Waals surface area contributed by atoms with Crippen molar-refractivity contribution in [1.82, 2.24) is 10.3 Å². The highest BCUT2D eigenvalue weighted by Crippen LogP contribution is 2.18. The second kappa shape index (κ2) is 6.37. The number of hydrogen-bond acceptors (Lipinski definition) is 5. The molecule has 0 bridgehead atoms. The zero-order valence-corrected chi connectivity index (χ0v) is 13.8. The van der Waals surface area contributed by atoms with Gasteiger partial charge in [-0.1, -0.05) is 22.9 Å². The molecule has 0 radical (unpaired) electrons. The SMILES string of the molecule is CCc1ncc(CNC(=O)c2cc3cc(Br)ccc3c(=O)o2)o1. The number of hydrogen-bond donors (Lipinski definition) is 1. The Kier molecular flexibility index (Phi) is 4.29. The lowest BCUT2D eigenvalue weighted by molar-refractivity contribution is 0.0916. The zero-order valence-electron chi connectivity index (χ0n) is 12.3. The molecule has 3 aromatic rings. The first-order valence-electron chi connectivity index (χ1n) is 7.02. The third-order valence-electron chi connectivity index (χ3n) is 3.27. The van der Waals surface area contributed by atoms with Crippen LogP contribution in [-0.2, 0) is 13.0 Å². The van der Waals surface area contributed by atoms with Crippen molar-refractivity contribution in [1.29, 1.82) is 0 Å². The fourth-order valence-corrected chi connectivity index (χ4v) is 2.50. The average molecular weight is 377 g/mol. The monoisotopic (exact) mass is 376 g/mol. The number of halogens is 1. The minimum absolute atomic E-state index is 0.0455. The van der Waals surface area contributed by atoms with Crippen molar-refractivity contribution in [3.05, 3.63) is 62.8 Å². The van der Waals surface area contributed by atoms with E-state index >= 15 is 0 Å². The third kappa shape index (κ3) is 3.34. The first-order chi connectivity index (χ1) is 11.1. The summed E-state index contributed by atoms with van der Waals surface area (Å²) in [5.74, 6) is 0.617. The van der Waals surface area contributed by atoms with Gasteiger partial charge in [0.05, 0.1) is 18.1 Å². The van der Waals surface area contributed by atoms with E-state index in [0.717, 1.165) is 4.47 Å². The molecule has 1 N–H and O–H groups in total. The molecule has 2 aromatic heterocycles. The molecular formula is C16H13BrN2O4. The number of nitrogens with one attached hydrogen (secondary N) is 1. The van der Waals surface area contributed by atoms with Crippen LogP contribution in [0.3, 0.4) is 0 Å². The predicted octanol–water partition coefficient (Wildman–Crippen LogP) is 3.04. The lowest BCUT2D eigenvalue weighted by Gasteiger charge is -2.04. The highest BCUT2D eigenvalue weighted by molar-refractivity contribution is 9.10. The molecular weight excluding hydrogens is 364 g/mol. The number of fused-ring (bicyclic) bond motifs is 1. The standard InChI is InChI=1S/C16H13BrN2O4/c1-2-14-18-7-11(22-14)8-19-15(20)13-6-9-5-10(17)3-4-12(9)16(21)23-13/h3-7H,2,8H2,1H3,(H,19,20). The Morgan fingerprint density at radius 2 is 2.13 bits per heavy atom. The summed E-state index contributed by atoms with van der Waals surface area (Å²) in [6.07, 6.45) is 2.25. The minimum atomic E-state index is -0.548. The van der Waals surface area contributed by atoms with Gasteiger partial charge in [-0.2, -0.15) is 0 Å². The second-order valence-corrected chi connectivity index (χ2v) is 5.80. The van der Waals surface area contributed by atoms with E-state index < -0.39 is 11.5 Å². The molecule has 1 amide bonds. The second-order valence-electron chi connectivity index (χ2n) is 4.89. The Morgan fingerprint density at radius 3 is 2.87 bits per heavy atom. The molecule has 7 heteroatoms. The Balaban J connectivity index is 1.81. The number of carbonyl (C=O) groups excluding carboxylic acids is 1. The van der Waals surface area contributed by atoms with Crippen molar-refractivity contribution in [2.45, 2.75) is 19.9 Å². The molecule has 0 atom stereocenters. The summed E-state index contributed by atoms with van der Waals surface area (Å²) in [5, 5.41) is 3.70. The summed E-state index contributed by atoms with van der Waals surface area (Å²) < 4.78 is 11.3. The van der Waals surface area contributed by atoms with Gasteiger partial charge in [-0.05, 0) is 29.7 Å². The minimum Gasteiger partial charge on any atom is -0.444 e. The van der Waals surface area contributed by atoms with Gasteiger partial charge >= 0.3 is 5.63 Å². The molecule has 23 heavy (non-hydrogen) atoms. The Morgan fingerprint density at radius 1 is 1.30 bits per heavy atom. The molecule has 0 saturated heterocycles. The maximum Gasteiger partial charge on any atom is 0.344 e. The van der Waals surface area contributed by atoms with E-state index in [2.05, 4.69) is 26.2 Å². The van der Waals surface area contributed by atoms with Crippen molar-refractivity contribution >= 4 is 32.6 Å². The van der Waals surface area contributed by atoms with Crippen molar-refractivity contribution in [3.8, 4) is 0 Å². The van der Waals surface area contributed by atoms with Crippen LogP contribution < -0.4 is 10.9 Å². The summed E-state index contributed by atoms with van der Waals surface area (Å²) in [7, 11) is 0. The molecule has 1 aromatic carbocycles. The number of rotatable bonds is 4. The van der Waals surface area contributed by atoms with Gasteiger partial charge in [0.15, 0.2) is 11.7 Å². The maximum atomic E-state index is 12.2. The van der Waals surface area contributed by atoms with Crippen molar-refractivity contribution in [2.24, 2.45) is 0 Å². The summed E-state index contributed by atoms with van der Waals surface area (Å²) in [6, 6.07) is 6.68. The molecule has 2 heterocycles. The van der Waals surface area contributed by atoms with E-state index in [9.17, 15) is 9.59 Å². The van der Waals surface area contributed by atoms with Crippen LogP contribution in [0.5, 0.6) is 0 Å². The van der Waals surface area contributed by atoms with Gasteiger partial charge in [-0.25, -0.2) is 9.78 Å². The summed E-state index contributed by atoms with van der Waals surface area (Å²) >= 11 is 3.34. The quantitative estimate of drug-likeness (QED) is 0.756. The van der Waals surface area contributed by atoms with Crippen molar-refractivity contribution in [3.63, 3.8) is 0 Å². The van der Waals surface area contributed by atoms with Gasteiger partial charge in [0.2, 0.25) is 0 Å². The van der Waals surface area contributed by atoms with Crippen LogP contribution in [0.1, 0.15) is 29.1 Å².